The average Bonchev–Trinajstić information content (AvgIpc) is 3.07. The maximum absolute atomic E-state index is 14.1. The van der Waals surface area contributed by atoms with Gasteiger partial charge in [-0.3, -0.25) is 14.9 Å². The molecule has 0 spiro atoms. The second kappa shape index (κ2) is 6.64. The summed E-state index contributed by atoms with van der Waals surface area (Å²) in [5.74, 6) is -1.20. The van der Waals surface area contributed by atoms with Gasteiger partial charge in [0.1, 0.15) is 11.4 Å². The van der Waals surface area contributed by atoms with Gasteiger partial charge in [-0.05, 0) is 42.1 Å². The van der Waals surface area contributed by atoms with E-state index in [2.05, 4.69) is 5.32 Å². The van der Waals surface area contributed by atoms with E-state index < -0.39 is 17.6 Å². The number of ether oxygens (including phenoxy) is 2. The van der Waals surface area contributed by atoms with Gasteiger partial charge in [0.25, 0.3) is 11.8 Å². The SMILES string of the molecule is O=C1NC(=S)N(c2ccccc2F)C(=O)/C1=C/c1cc2c(cc1Cl)OCO2. The number of halogens is 2. The summed E-state index contributed by atoms with van der Waals surface area (Å²) in [7, 11) is 0. The normalized spacial score (nSPS) is 17.5. The van der Waals surface area contributed by atoms with Crippen molar-refractivity contribution < 1.29 is 23.5 Å². The summed E-state index contributed by atoms with van der Waals surface area (Å²) in [6.07, 6.45) is 1.30. The van der Waals surface area contributed by atoms with Crippen molar-refractivity contribution in [3.05, 3.63) is 58.4 Å². The largest absolute Gasteiger partial charge is 0.454 e. The molecule has 0 bridgehead atoms. The fourth-order valence-electron chi connectivity index (χ4n) is 2.71. The van der Waals surface area contributed by atoms with Crippen molar-refractivity contribution in [3.8, 4) is 11.5 Å². The van der Waals surface area contributed by atoms with Crippen LogP contribution in [0.15, 0.2) is 42.0 Å². The van der Waals surface area contributed by atoms with E-state index in [1.54, 1.807) is 12.1 Å². The number of hydrogen-bond donors (Lipinski definition) is 1. The van der Waals surface area contributed by atoms with Gasteiger partial charge in [0.15, 0.2) is 16.6 Å². The molecule has 2 amide bonds. The molecule has 6 nitrogen and oxygen atoms in total. The molecule has 1 saturated heterocycles. The van der Waals surface area contributed by atoms with Crippen LogP contribution in [0.1, 0.15) is 5.56 Å². The van der Waals surface area contributed by atoms with Crippen LogP contribution in [0.25, 0.3) is 6.08 Å². The molecular weight excluding hydrogens is 395 g/mol. The van der Waals surface area contributed by atoms with Crippen LogP contribution in [0.5, 0.6) is 11.5 Å². The highest BCUT2D eigenvalue weighted by molar-refractivity contribution is 7.80. The van der Waals surface area contributed by atoms with Crippen molar-refractivity contribution in [3.63, 3.8) is 0 Å². The van der Waals surface area contributed by atoms with Gasteiger partial charge < -0.3 is 9.47 Å². The summed E-state index contributed by atoms with van der Waals surface area (Å²) in [4.78, 5) is 26.1. The minimum atomic E-state index is -0.761. The first kappa shape index (κ1) is 17.4. The Bertz CT molecular complexity index is 1040. The molecule has 0 atom stereocenters. The number of thiocarbonyl (C=S) groups is 1. The molecule has 0 radical (unpaired) electrons. The topological polar surface area (TPSA) is 67.9 Å². The van der Waals surface area contributed by atoms with E-state index in [1.165, 1.54) is 30.3 Å². The van der Waals surface area contributed by atoms with Crippen molar-refractivity contribution >= 4 is 52.5 Å². The van der Waals surface area contributed by atoms with Crippen LogP contribution in [-0.4, -0.2) is 23.7 Å². The maximum Gasteiger partial charge on any atom is 0.270 e. The number of rotatable bonds is 2. The van der Waals surface area contributed by atoms with Crippen molar-refractivity contribution in [2.24, 2.45) is 0 Å². The molecule has 2 aromatic carbocycles. The summed E-state index contributed by atoms with van der Waals surface area (Å²) < 4.78 is 24.7. The lowest BCUT2D eigenvalue weighted by molar-refractivity contribution is -0.122. The van der Waals surface area contributed by atoms with E-state index in [-0.39, 0.29) is 28.2 Å². The van der Waals surface area contributed by atoms with Crippen LogP contribution in [-0.2, 0) is 9.59 Å². The van der Waals surface area contributed by atoms with E-state index >= 15 is 0 Å². The number of fused-ring (bicyclic) bond motifs is 1. The van der Waals surface area contributed by atoms with Gasteiger partial charge in [-0.15, -0.1) is 0 Å². The number of hydrogen-bond acceptors (Lipinski definition) is 5. The van der Waals surface area contributed by atoms with Crippen LogP contribution in [0.3, 0.4) is 0 Å². The van der Waals surface area contributed by atoms with Crippen molar-refractivity contribution in [1.29, 1.82) is 0 Å². The highest BCUT2D eigenvalue weighted by Gasteiger charge is 2.35. The Hall–Kier alpha value is -2.97. The summed E-state index contributed by atoms with van der Waals surface area (Å²) in [6, 6.07) is 8.71. The zero-order valence-electron chi connectivity index (χ0n) is 13.5. The van der Waals surface area contributed by atoms with Crippen molar-refractivity contribution in [2.45, 2.75) is 0 Å². The Labute approximate surface area is 163 Å². The van der Waals surface area contributed by atoms with Crippen LogP contribution in [0.4, 0.5) is 10.1 Å². The molecule has 2 aliphatic rings. The van der Waals surface area contributed by atoms with Crippen molar-refractivity contribution in [2.75, 3.05) is 11.7 Å². The molecule has 0 unspecified atom stereocenters. The van der Waals surface area contributed by atoms with E-state index in [0.717, 1.165) is 4.90 Å². The van der Waals surface area contributed by atoms with Gasteiger partial charge in [0.2, 0.25) is 6.79 Å². The summed E-state index contributed by atoms with van der Waals surface area (Å²) >= 11 is 11.3. The fraction of sp³-hybridized carbons (Fsp3) is 0.0556. The lowest BCUT2D eigenvalue weighted by atomic mass is 10.1. The van der Waals surface area contributed by atoms with E-state index in [0.29, 0.717) is 17.1 Å². The Morgan fingerprint density at radius 2 is 1.89 bits per heavy atom. The first-order chi connectivity index (χ1) is 13.0. The Morgan fingerprint density at radius 1 is 1.19 bits per heavy atom. The molecule has 2 aromatic rings. The second-order valence-corrected chi connectivity index (χ2v) is 6.43. The zero-order valence-corrected chi connectivity index (χ0v) is 15.1. The number of carbonyl (C=O) groups is 2. The number of nitrogens with zero attached hydrogens (tertiary/aromatic N) is 1. The minimum Gasteiger partial charge on any atom is -0.454 e. The zero-order chi connectivity index (χ0) is 19.1. The Kier molecular flexibility index (Phi) is 4.29. The monoisotopic (exact) mass is 404 g/mol. The molecular formula is C18H10ClFN2O4S. The molecule has 2 aliphatic heterocycles. The lowest BCUT2D eigenvalue weighted by Crippen LogP contribution is -2.54. The van der Waals surface area contributed by atoms with Gasteiger partial charge in [-0.2, -0.15) is 0 Å². The molecule has 1 fully saturated rings. The van der Waals surface area contributed by atoms with Crippen LogP contribution in [0, 0.1) is 5.82 Å². The quantitative estimate of drug-likeness (QED) is 0.473. The number of nitrogens with one attached hydrogen (secondary N) is 1. The molecule has 9 heteroatoms. The van der Waals surface area contributed by atoms with Gasteiger partial charge in [0, 0.05) is 6.07 Å². The highest BCUT2D eigenvalue weighted by atomic mass is 35.5. The molecule has 1 N–H and O–H groups in total. The molecule has 2 heterocycles. The molecule has 27 heavy (non-hydrogen) atoms. The molecule has 4 rings (SSSR count). The predicted octanol–water partition coefficient (Wildman–Crippen LogP) is 3.04. The Morgan fingerprint density at radius 3 is 2.63 bits per heavy atom. The predicted molar refractivity (Wildman–Crippen MR) is 100 cm³/mol. The van der Waals surface area contributed by atoms with E-state index in [4.69, 9.17) is 33.3 Å². The van der Waals surface area contributed by atoms with Gasteiger partial charge in [0.05, 0.1) is 10.7 Å². The maximum atomic E-state index is 14.1. The molecule has 0 saturated carbocycles. The summed E-state index contributed by atoms with van der Waals surface area (Å²) in [6.45, 7) is 0.0560. The smallest absolute Gasteiger partial charge is 0.270 e. The van der Waals surface area contributed by atoms with E-state index in [9.17, 15) is 14.0 Å². The third-order valence-corrected chi connectivity index (χ3v) is 4.60. The Balaban J connectivity index is 1.77. The lowest BCUT2D eigenvalue weighted by Gasteiger charge is -2.29. The molecule has 0 aromatic heterocycles. The number of carbonyl (C=O) groups excluding carboxylic acids is 2. The second-order valence-electron chi connectivity index (χ2n) is 5.64. The first-order valence-corrected chi connectivity index (χ1v) is 8.49. The summed E-state index contributed by atoms with van der Waals surface area (Å²) in [5.41, 5.74) is 0.0727. The van der Waals surface area contributed by atoms with Crippen LogP contribution in [0.2, 0.25) is 5.02 Å². The molecule has 136 valence electrons. The van der Waals surface area contributed by atoms with Crippen LogP contribution < -0.4 is 19.7 Å². The highest BCUT2D eigenvalue weighted by Crippen LogP contribution is 2.38. The third kappa shape index (κ3) is 3.02. The standard InChI is InChI=1S/C18H10ClFN2O4S/c19-11-7-15-14(25-8-26-15)6-9(11)5-10-16(23)21-18(27)22(17(10)24)13-4-2-1-3-12(13)20/h1-7H,8H2,(H,21,23,27)/b10-5+. The third-order valence-electron chi connectivity index (χ3n) is 3.99. The summed E-state index contributed by atoms with van der Waals surface area (Å²) in [5, 5.41) is 2.45. The molecule has 0 aliphatic carbocycles. The first-order valence-electron chi connectivity index (χ1n) is 7.71. The van der Waals surface area contributed by atoms with E-state index in [1.807, 2.05) is 0 Å². The van der Waals surface area contributed by atoms with Gasteiger partial charge >= 0.3 is 0 Å². The van der Waals surface area contributed by atoms with Gasteiger partial charge in [-0.1, -0.05) is 23.7 Å². The number of anilines is 1. The number of benzene rings is 2. The number of amides is 2. The van der Waals surface area contributed by atoms with Crippen LogP contribution >= 0.6 is 23.8 Å². The van der Waals surface area contributed by atoms with Gasteiger partial charge in [-0.25, -0.2) is 9.29 Å². The fourth-order valence-corrected chi connectivity index (χ4v) is 3.19. The van der Waals surface area contributed by atoms with Crippen molar-refractivity contribution in [1.82, 2.24) is 5.32 Å². The minimum absolute atomic E-state index is 0.0560. The number of para-hydroxylation sites is 1. The average molecular weight is 405 g/mol.